The molecule has 66 heavy (non-hydrogen) atoms. The molecule has 0 atom stereocenters. The van der Waals surface area contributed by atoms with Gasteiger partial charge in [0.15, 0.2) is 0 Å². The lowest BCUT2D eigenvalue weighted by Gasteiger charge is -2.15. The van der Waals surface area contributed by atoms with E-state index in [1.807, 2.05) is 0 Å². The zero-order valence-corrected chi connectivity index (χ0v) is 36.4. The van der Waals surface area contributed by atoms with E-state index in [2.05, 4.69) is 267 Å². The van der Waals surface area contributed by atoms with Crippen molar-refractivity contribution in [1.29, 1.82) is 0 Å². The SMILES string of the molecule is C(=C\c1ccc(-c2ccc(-c3cccc4c(-c5ccccc5)c5ccccc5cc34)cc2)cc1)/c1ccc(-c2ccc(-c3cccc4c(-c5ccccc5)c5ccccc5cc34)cc2)cc1. The molecule has 0 aromatic heterocycles. The lowest BCUT2D eigenvalue weighted by molar-refractivity contribution is 1.58. The van der Waals surface area contributed by atoms with Gasteiger partial charge in [-0.3, -0.25) is 0 Å². The second-order valence-electron chi connectivity index (χ2n) is 17.2. The largest absolute Gasteiger partial charge is 0.0622 e. The highest BCUT2D eigenvalue weighted by Crippen LogP contribution is 2.42. The molecule has 0 heterocycles. The Labute approximate surface area is 386 Å². The van der Waals surface area contributed by atoms with Crippen LogP contribution in [0.25, 0.3) is 122 Å². The molecular formula is C66H44. The van der Waals surface area contributed by atoms with Crippen LogP contribution in [0.15, 0.2) is 255 Å². The molecule has 0 amide bonds. The highest BCUT2D eigenvalue weighted by atomic mass is 14.2. The fraction of sp³-hybridized carbons (Fsp3) is 0. The predicted molar refractivity (Wildman–Crippen MR) is 284 cm³/mol. The van der Waals surface area contributed by atoms with E-state index in [-0.39, 0.29) is 0 Å². The van der Waals surface area contributed by atoms with Crippen LogP contribution in [0.3, 0.4) is 0 Å². The minimum atomic E-state index is 1.17. The van der Waals surface area contributed by atoms with Gasteiger partial charge in [0.25, 0.3) is 0 Å². The van der Waals surface area contributed by atoms with Gasteiger partial charge in [0, 0.05) is 0 Å². The molecule has 0 radical (unpaired) electrons. The van der Waals surface area contributed by atoms with Gasteiger partial charge < -0.3 is 0 Å². The fourth-order valence-corrected chi connectivity index (χ4v) is 9.97. The van der Waals surface area contributed by atoms with Crippen molar-refractivity contribution >= 4 is 55.2 Å². The van der Waals surface area contributed by atoms with E-state index in [4.69, 9.17) is 0 Å². The van der Waals surface area contributed by atoms with E-state index >= 15 is 0 Å². The lowest BCUT2D eigenvalue weighted by Crippen LogP contribution is -1.88. The topological polar surface area (TPSA) is 0 Å². The van der Waals surface area contributed by atoms with Crippen LogP contribution in [0.5, 0.6) is 0 Å². The van der Waals surface area contributed by atoms with Gasteiger partial charge in [-0.05, 0) is 133 Å². The maximum absolute atomic E-state index is 2.36. The first-order chi connectivity index (χ1) is 32.7. The summed E-state index contributed by atoms with van der Waals surface area (Å²) in [5, 5.41) is 10.2. The van der Waals surface area contributed by atoms with Crippen LogP contribution < -0.4 is 0 Å². The smallest absolute Gasteiger partial charge is 0.00266 e. The molecule has 0 N–H and O–H groups in total. The molecule has 0 fully saturated rings. The molecule has 0 spiro atoms. The van der Waals surface area contributed by atoms with Gasteiger partial charge in [0.2, 0.25) is 0 Å². The number of fused-ring (bicyclic) bond motifs is 4. The number of benzene rings is 12. The lowest BCUT2D eigenvalue weighted by atomic mass is 9.88. The maximum atomic E-state index is 2.36. The Kier molecular flexibility index (Phi) is 9.97. The van der Waals surface area contributed by atoms with Crippen molar-refractivity contribution in [3.63, 3.8) is 0 Å². The fourth-order valence-electron chi connectivity index (χ4n) is 9.97. The van der Waals surface area contributed by atoms with Crippen LogP contribution in [-0.4, -0.2) is 0 Å². The molecule has 0 aliphatic carbocycles. The summed E-state index contributed by atoms with van der Waals surface area (Å²) in [5.41, 5.74) is 17.2. The summed E-state index contributed by atoms with van der Waals surface area (Å²) in [6.07, 6.45) is 4.39. The third-order valence-corrected chi connectivity index (χ3v) is 13.3. The van der Waals surface area contributed by atoms with Crippen LogP contribution in [0, 0.1) is 0 Å². The highest BCUT2D eigenvalue weighted by molar-refractivity contribution is 6.17. The van der Waals surface area contributed by atoms with Gasteiger partial charge in [-0.25, -0.2) is 0 Å². The van der Waals surface area contributed by atoms with Crippen molar-refractivity contribution in [2.24, 2.45) is 0 Å². The summed E-state index contributed by atoms with van der Waals surface area (Å²) < 4.78 is 0. The molecule has 0 aliphatic heterocycles. The van der Waals surface area contributed by atoms with E-state index < -0.39 is 0 Å². The zero-order valence-electron chi connectivity index (χ0n) is 36.4. The van der Waals surface area contributed by atoms with Crippen LogP contribution in [0.2, 0.25) is 0 Å². The highest BCUT2D eigenvalue weighted by Gasteiger charge is 2.15. The van der Waals surface area contributed by atoms with Gasteiger partial charge in [-0.15, -0.1) is 0 Å². The van der Waals surface area contributed by atoms with Gasteiger partial charge in [0.05, 0.1) is 0 Å². The third kappa shape index (κ3) is 7.25. The normalized spacial score (nSPS) is 11.6. The summed E-state index contributed by atoms with van der Waals surface area (Å²) in [7, 11) is 0. The number of hydrogen-bond donors (Lipinski definition) is 0. The number of hydrogen-bond acceptors (Lipinski definition) is 0. The van der Waals surface area contributed by atoms with E-state index in [9.17, 15) is 0 Å². The van der Waals surface area contributed by atoms with Gasteiger partial charge in [-0.1, -0.05) is 255 Å². The van der Waals surface area contributed by atoms with Crippen LogP contribution in [0.4, 0.5) is 0 Å². The van der Waals surface area contributed by atoms with Crippen LogP contribution in [-0.2, 0) is 0 Å². The van der Waals surface area contributed by atoms with Crippen molar-refractivity contribution in [3.8, 4) is 66.8 Å². The Hall–Kier alpha value is -8.58. The summed E-state index contributed by atoms with van der Waals surface area (Å²) in [6.45, 7) is 0. The summed E-state index contributed by atoms with van der Waals surface area (Å²) in [6, 6.07) is 93.0. The molecule has 12 aromatic carbocycles. The molecule has 0 saturated carbocycles. The number of rotatable bonds is 8. The standard InChI is InChI=1S/C66H44/c1-3-13-53(14-4-1)65-59-19-9-7-17-55(59)43-63-57(21-11-23-61(63)65)51-39-35-49(36-40-51)47-31-27-45(28-32-47)25-26-46-29-33-48(34-30-46)50-37-41-52(42-38-50)58-22-12-24-62-64(58)44-56-18-8-10-20-60(56)66(62)54-15-5-2-6-16-54/h1-44H/b26-25+. The zero-order chi connectivity index (χ0) is 43.8. The van der Waals surface area contributed by atoms with Crippen molar-refractivity contribution in [1.82, 2.24) is 0 Å². The average Bonchev–Trinajstić information content (AvgIpc) is 3.39. The van der Waals surface area contributed by atoms with E-state index in [0.29, 0.717) is 0 Å². The Morgan fingerprint density at radius 1 is 0.197 bits per heavy atom. The van der Waals surface area contributed by atoms with Gasteiger partial charge in [-0.2, -0.15) is 0 Å². The summed E-state index contributed by atoms with van der Waals surface area (Å²) in [5.74, 6) is 0. The van der Waals surface area contributed by atoms with E-state index in [1.165, 1.54) is 121 Å². The van der Waals surface area contributed by atoms with Gasteiger partial charge >= 0.3 is 0 Å². The molecule has 0 saturated heterocycles. The second-order valence-corrected chi connectivity index (χ2v) is 17.2. The molecule has 0 heteroatoms. The Morgan fingerprint density at radius 3 is 0.909 bits per heavy atom. The Bertz CT molecular complexity index is 3480. The molecule has 0 unspecified atom stereocenters. The third-order valence-electron chi connectivity index (χ3n) is 13.3. The molecular weight excluding hydrogens is 793 g/mol. The predicted octanol–water partition coefficient (Wildman–Crippen LogP) is 18.5. The maximum Gasteiger partial charge on any atom is -0.00266 e. The molecule has 12 aromatic rings. The first-order valence-electron chi connectivity index (χ1n) is 22.8. The summed E-state index contributed by atoms with van der Waals surface area (Å²) >= 11 is 0. The van der Waals surface area contributed by atoms with E-state index in [1.54, 1.807) is 0 Å². The quantitative estimate of drug-likeness (QED) is 0.106. The minimum absolute atomic E-state index is 1.17. The first-order valence-corrected chi connectivity index (χ1v) is 22.8. The first kappa shape index (κ1) is 39.0. The van der Waals surface area contributed by atoms with Crippen molar-refractivity contribution < 1.29 is 0 Å². The van der Waals surface area contributed by atoms with Crippen molar-refractivity contribution in [2.45, 2.75) is 0 Å². The van der Waals surface area contributed by atoms with Gasteiger partial charge in [0.1, 0.15) is 0 Å². The Morgan fingerprint density at radius 2 is 0.515 bits per heavy atom. The minimum Gasteiger partial charge on any atom is -0.0622 e. The molecule has 0 bridgehead atoms. The van der Waals surface area contributed by atoms with E-state index in [0.717, 1.165) is 0 Å². The summed E-state index contributed by atoms with van der Waals surface area (Å²) in [4.78, 5) is 0. The molecule has 0 aliphatic rings. The average molecular weight is 837 g/mol. The molecule has 12 rings (SSSR count). The molecule has 0 nitrogen and oxygen atoms in total. The van der Waals surface area contributed by atoms with Crippen molar-refractivity contribution in [2.75, 3.05) is 0 Å². The van der Waals surface area contributed by atoms with Crippen molar-refractivity contribution in [3.05, 3.63) is 266 Å². The van der Waals surface area contributed by atoms with Crippen LogP contribution >= 0.6 is 0 Å². The monoisotopic (exact) mass is 836 g/mol. The second kappa shape index (κ2) is 16.8. The Balaban J connectivity index is 0.754. The van der Waals surface area contributed by atoms with Crippen LogP contribution in [0.1, 0.15) is 11.1 Å². The molecule has 308 valence electrons.